The second kappa shape index (κ2) is 5.22. The SMILES string of the molecule is O=C1NNC(CCc2ccccc2)=C2CNc3cccc1c32. The van der Waals surface area contributed by atoms with Gasteiger partial charge in [0, 0.05) is 29.1 Å². The third-order valence-electron chi connectivity index (χ3n) is 4.26. The average molecular weight is 291 g/mol. The van der Waals surface area contributed by atoms with Crippen LogP contribution in [0.4, 0.5) is 5.69 Å². The topological polar surface area (TPSA) is 53.2 Å². The Hall–Kier alpha value is -2.75. The summed E-state index contributed by atoms with van der Waals surface area (Å²) in [6.07, 6.45) is 1.81. The van der Waals surface area contributed by atoms with Crippen molar-refractivity contribution in [1.29, 1.82) is 0 Å². The Morgan fingerprint density at radius 3 is 2.64 bits per heavy atom. The van der Waals surface area contributed by atoms with E-state index in [-0.39, 0.29) is 5.91 Å². The molecule has 0 radical (unpaired) electrons. The minimum atomic E-state index is -0.0761. The van der Waals surface area contributed by atoms with Crippen molar-refractivity contribution in [3.63, 3.8) is 0 Å². The number of amides is 1. The summed E-state index contributed by atoms with van der Waals surface area (Å²) in [6.45, 7) is 0.762. The highest BCUT2D eigenvalue weighted by atomic mass is 16.2. The number of carbonyl (C=O) groups excluding carboxylic acids is 1. The number of allylic oxidation sites excluding steroid dienone is 1. The maximum absolute atomic E-state index is 12.2. The summed E-state index contributed by atoms with van der Waals surface area (Å²) in [5.74, 6) is -0.0761. The summed E-state index contributed by atoms with van der Waals surface area (Å²) in [4.78, 5) is 12.2. The molecule has 22 heavy (non-hydrogen) atoms. The fourth-order valence-corrected chi connectivity index (χ4v) is 3.15. The van der Waals surface area contributed by atoms with E-state index in [1.54, 1.807) is 0 Å². The molecule has 0 spiro atoms. The van der Waals surface area contributed by atoms with Crippen molar-refractivity contribution in [3.8, 4) is 0 Å². The van der Waals surface area contributed by atoms with Crippen LogP contribution in [0.1, 0.15) is 27.9 Å². The first-order valence-electron chi connectivity index (χ1n) is 7.52. The van der Waals surface area contributed by atoms with E-state index in [0.29, 0.717) is 0 Å². The summed E-state index contributed by atoms with van der Waals surface area (Å²) in [5.41, 5.74) is 12.3. The molecule has 2 aliphatic rings. The number of nitrogens with one attached hydrogen (secondary N) is 3. The molecule has 4 nitrogen and oxygen atoms in total. The zero-order valence-corrected chi connectivity index (χ0v) is 12.1. The van der Waals surface area contributed by atoms with Crippen LogP contribution in [0.3, 0.4) is 0 Å². The number of hydrazine groups is 1. The highest BCUT2D eigenvalue weighted by Gasteiger charge is 2.27. The molecule has 3 N–H and O–H groups in total. The van der Waals surface area contributed by atoms with Gasteiger partial charge in [-0.25, -0.2) is 0 Å². The lowest BCUT2D eigenvalue weighted by molar-refractivity contribution is 0.0939. The molecule has 2 aliphatic heterocycles. The fraction of sp³-hybridized carbons (Fsp3) is 0.167. The molecular weight excluding hydrogens is 274 g/mol. The van der Waals surface area contributed by atoms with Gasteiger partial charge in [0.05, 0.1) is 5.56 Å². The number of hydrogen-bond donors (Lipinski definition) is 3. The Balaban J connectivity index is 1.69. The largest absolute Gasteiger partial charge is 0.380 e. The van der Waals surface area contributed by atoms with Gasteiger partial charge < -0.3 is 10.7 Å². The van der Waals surface area contributed by atoms with Crippen molar-refractivity contribution in [3.05, 3.63) is 70.9 Å². The van der Waals surface area contributed by atoms with Gasteiger partial charge in [0.15, 0.2) is 0 Å². The van der Waals surface area contributed by atoms with Crippen LogP contribution in [0.2, 0.25) is 0 Å². The van der Waals surface area contributed by atoms with Gasteiger partial charge in [-0.3, -0.25) is 10.2 Å². The van der Waals surface area contributed by atoms with Gasteiger partial charge in [-0.2, -0.15) is 0 Å². The van der Waals surface area contributed by atoms with Gasteiger partial charge >= 0.3 is 0 Å². The molecule has 0 bridgehead atoms. The van der Waals surface area contributed by atoms with E-state index in [1.807, 2.05) is 24.3 Å². The number of aryl methyl sites for hydroxylation is 1. The third-order valence-corrected chi connectivity index (χ3v) is 4.26. The molecular formula is C18H17N3O. The highest BCUT2D eigenvalue weighted by Crippen LogP contribution is 2.36. The average Bonchev–Trinajstić information content (AvgIpc) is 2.93. The third kappa shape index (κ3) is 2.13. The van der Waals surface area contributed by atoms with Crippen molar-refractivity contribution in [2.45, 2.75) is 12.8 Å². The van der Waals surface area contributed by atoms with Crippen LogP contribution in [-0.2, 0) is 6.42 Å². The molecule has 2 aromatic carbocycles. The van der Waals surface area contributed by atoms with E-state index in [0.717, 1.165) is 41.9 Å². The van der Waals surface area contributed by atoms with E-state index >= 15 is 0 Å². The summed E-state index contributed by atoms with van der Waals surface area (Å²) < 4.78 is 0. The molecule has 4 rings (SSSR count). The molecule has 0 aromatic heterocycles. The maximum atomic E-state index is 12.2. The van der Waals surface area contributed by atoms with E-state index in [9.17, 15) is 4.79 Å². The number of carbonyl (C=O) groups is 1. The quantitative estimate of drug-likeness (QED) is 0.815. The Morgan fingerprint density at radius 2 is 1.77 bits per heavy atom. The standard InChI is InChI=1S/C18H17N3O/c22-18-13-7-4-8-16-17(13)14(11-19-16)15(20-21-18)10-9-12-5-2-1-3-6-12/h1-8,19-20H,9-11H2,(H,21,22). The van der Waals surface area contributed by atoms with Gasteiger partial charge in [-0.05, 0) is 30.5 Å². The zero-order valence-electron chi connectivity index (χ0n) is 12.1. The lowest BCUT2D eigenvalue weighted by Crippen LogP contribution is -2.36. The Bertz CT molecular complexity index is 765. The molecule has 4 heteroatoms. The van der Waals surface area contributed by atoms with Crippen molar-refractivity contribution in [1.82, 2.24) is 10.9 Å². The van der Waals surface area contributed by atoms with Gasteiger partial charge in [-0.1, -0.05) is 36.4 Å². The summed E-state index contributed by atoms with van der Waals surface area (Å²) in [5, 5.41) is 3.38. The predicted molar refractivity (Wildman–Crippen MR) is 87.2 cm³/mol. The Labute approximate surface area is 129 Å². The molecule has 110 valence electrons. The second-order valence-corrected chi connectivity index (χ2v) is 5.60. The second-order valence-electron chi connectivity index (χ2n) is 5.60. The zero-order chi connectivity index (χ0) is 14.9. The minimum Gasteiger partial charge on any atom is -0.380 e. The van der Waals surface area contributed by atoms with Crippen LogP contribution < -0.4 is 16.2 Å². The molecule has 1 amide bonds. The van der Waals surface area contributed by atoms with Crippen LogP contribution in [-0.4, -0.2) is 12.5 Å². The fourth-order valence-electron chi connectivity index (χ4n) is 3.15. The smallest absolute Gasteiger partial charge is 0.270 e. The van der Waals surface area contributed by atoms with Crippen LogP contribution >= 0.6 is 0 Å². The molecule has 0 saturated carbocycles. The van der Waals surface area contributed by atoms with Crippen LogP contribution in [0.15, 0.2) is 54.2 Å². The first-order valence-corrected chi connectivity index (χ1v) is 7.52. The summed E-state index contributed by atoms with van der Waals surface area (Å²) >= 11 is 0. The summed E-state index contributed by atoms with van der Waals surface area (Å²) in [7, 11) is 0. The monoisotopic (exact) mass is 291 g/mol. The summed E-state index contributed by atoms with van der Waals surface area (Å²) in [6, 6.07) is 16.2. The van der Waals surface area contributed by atoms with Crippen LogP contribution in [0, 0.1) is 0 Å². The van der Waals surface area contributed by atoms with Crippen molar-refractivity contribution >= 4 is 17.2 Å². The van der Waals surface area contributed by atoms with Crippen LogP contribution in [0.25, 0.3) is 5.57 Å². The van der Waals surface area contributed by atoms with E-state index in [1.165, 1.54) is 11.1 Å². The number of hydrogen-bond acceptors (Lipinski definition) is 3. The molecule has 0 saturated heterocycles. The van der Waals surface area contributed by atoms with Crippen molar-refractivity contribution in [2.75, 3.05) is 11.9 Å². The Morgan fingerprint density at radius 1 is 0.909 bits per heavy atom. The first-order chi connectivity index (χ1) is 10.8. The number of rotatable bonds is 3. The number of anilines is 1. The molecule has 0 atom stereocenters. The molecule has 0 aliphatic carbocycles. The van der Waals surface area contributed by atoms with Gasteiger partial charge in [0.2, 0.25) is 0 Å². The van der Waals surface area contributed by atoms with Crippen LogP contribution in [0.5, 0.6) is 0 Å². The lowest BCUT2D eigenvalue weighted by Gasteiger charge is -2.12. The lowest BCUT2D eigenvalue weighted by atomic mass is 9.97. The van der Waals surface area contributed by atoms with E-state index < -0.39 is 0 Å². The number of benzene rings is 2. The van der Waals surface area contributed by atoms with Gasteiger partial charge in [-0.15, -0.1) is 0 Å². The normalized spacial score (nSPS) is 15.5. The first kappa shape index (κ1) is 13.0. The van der Waals surface area contributed by atoms with Gasteiger partial charge in [0.25, 0.3) is 5.91 Å². The minimum absolute atomic E-state index is 0.0761. The van der Waals surface area contributed by atoms with Crippen molar-refractivity contribution < 1.29 is 4.79 Å². The molecule has 2 heterocycles. The Kier molecular flexibility index (Phi) is 3.07. The molecule has 0 unspecified atom stereocenters. The van der Waals surface area contributed by atoms with Crippen molar-refractivity contribution in [2.24, 2.45) is 0 Å². The molecule has 0 fully saturated rings. The van der Waals surface area contributed by atoms with E-state index in [2.05, 4.69) is 40.4 Å². The maximum Gasteiger partial charge on any atom is 0.270 e. The van der Waals surface area contributed by atoms with Gasteiger partial charge in [0.1, 0.15) is 0 Å². The van der Waals surface area contributed by atoms with E-state index in [4.69, 9.17) is 0 Å². The predicted octanol–water partition coefficient (Wildman–Crippen LogP) is 2.70. The highest BCUT2D eigenvalue weighted by molar-refractivity contribution is 6.05. The molecule has 2 aromatic rings.